The van der Waals surface area contributed by atoms with E-state index in [-0.39, 0.29) is 40.9 Å². The number of esters is 3. The van der Waals surface area contributed by atoms with Crippen LogP contribution in [-0.2, 0) is 28.6 Å². The van der Waals surface area contributed by atoms with Gasteiger partial charge in [0.05, 0.1) is 7.11 Å². The van der Waals surface area contributed by atoms with Crippen LogP contribution in [0.2, 0.25) is 0 Å². The van der Waals surface area contributed by atoms with E-state index in [1.165, 1.54) is 39.7 Å². The molecule has 4 fully saturated rings. The fourth-order valence-corrected chi connectivity index (χ4v) is 9.46. The Labute approximate surface area is 211 Å². The lowest BCUT2D eigenvalue weighted by Gasteiger charge is -2.62. The van der Waals surface area contributed by atoms with Gasteiger partial charge in [-0.05, 0) is 98.2 Å². The Morgan fingerprint density at radius 3 is 2.20 bits per heavy atom. The van der Waals surface area contributed by atoms with Crippen LogP contribution >= 0.6 is 0 Å². The number of hydrogen-bond acceptors (Lipinski definition) is 6. The third kappa shape index (κ3) is 4.87. The fourth-order valence-electron chi connectivity index (χ4n) is 9.46. The average Bonchev–Trinajstić information content (AvgIpc) is 3.14. The zero-order valence-corrected chi connectivity index (χ0v) is 22.6. The Kier molecular flexibility index (Phi) is 7.60. The summed E-state index contributed by atoms with van der Waals surface area (Å²) in [4.78, 5) is 35.6. The van der Waals surface area contributed by atoms with Crippen molar-refractivity contribution < 1.29 is 28.6 Å². The molecular weight excluding hydrogens is 444 g/mol. The van der Waals surface area contributed by atoms with Crippen molar-refractivity contribution >= 4 is 17.9 Å². The predicted octanol–water partition coefficient (Wildman–Crippen LogP) is 5.71. The molecule has 198 valence electrons. The number of methoxy groups -OCH3 is 1. The van der Waals surface area contributed by atoms with Gasteiger partial charge in [-0.3, -0.25) is 14.4 Å². The molecule has 0 aromatic heterocycles. The van der Waals surface area contributed by atoms with Crippen LogP contribution in [0, 0.1) is 46.3 Å². The Bertz CT molecular complexity index is 824. The summed E-state index contributed by atoms with van der Waals surface area (Å²) in [6.07, 6.45) is 9.80. The molecule has 4 saturated carbocycles. The van der Waals surface area contributed by atoms with E-state index in [0.717, 1.165) is 32.1 Å². The molecule has 0 spiro atoms. The van der Waals surface area contributed by atoms with Gasteiger partial charge in [-0.1, -0.05) is 20.8 Å². The van der Waals surface area contributed by atoms with Crippen LogP contribution in [0.4, 0.5) is 0 Å². The summed E-state index contributed by atoms with van der Waals surface area (Å²) in [7, 11) is 1.47. The zero-order valence-electron chi connectivity index (χ0n) is 22.6. The quantitative estimate of drug-likeness (QED) is 0.351. The second kappa shape index (κ2) is 10.0. The van der Waals surface area contributed by atoms with Crippen molar-refractivity contribution in [3.05, 3.63) is 0 Å². The summed E-state index contributed by atoms with van der Waals surface area (Å²) in [5.74, 6) is 2.43. The molecule has 0 radical (unpaired) electrons. The molecule has 0 amide bonds. The number of rotatable bonds is 6. The molecule has 0 saturated heterocycles. The topological polar surface area (TPSA) is 78.9 Å². The van der Waals surface area contributed by atoms with Gasteiger partial charge in [-0.25, -0.2) is 0 Å². The van der Waals surface area contributed by atoms with Crippen molar-refractivity contribution in [3.8, 4) is 0 Å². The van der Waals surface area contributed by atoms with Gasteiger partial charge in [0.25, 0.3) is 0 Å². The van der Waals surface area contributed by atoms with Gasteiger partial charge in [0.15, 0.2) is 0 Å². The third-order valence-corrected chi connectivity index (χ3v) is 11.1. The van der Waals surface area contributed by atoms with Gasteiger partial charge < -0.3 is 14.2 Å². The van der Waals surface area contributed by atoms with Crippen LogP contribution < -0.4 is 0 Å². The lowest BCUT2D eigenvalue weighted by Crippen LogP contribution is -2.59. The highest BCUT2D eigenvalue weighted by atomic mass is 16.5. The maximum atomic E-state index is 12.2. The summed E-state index contributed by atoms with van der Waals surface area (Å²) < 4.78 is 16.6. The van der Waals surface area contributed by atoms with E-state index in [4.69, 9.17) is 14.2 Å². The molecule has 4 aliphatic carbocycles. The molecule has 0 N–H and O–H groups in total. The average molecular weight is 491 g/mol. The minimum Gasteiger partial charge on any atom is -0.469 e. The first-order valence-corrected chi connectivity index (χ1v) is 13.9. The third-order valence-electron chi connectivity index (χ3n) is 11.1. The van der Waals surface area contributed by atoms with Crippen LogP contribution in [0.1, 0.15) is 98.8 Å². The van der Waals surface area contributed by atoms with Gasteiger partial charge >= 0.3 is 17.9 Å². The van der Waals surface area contributed by atoms with Crippen molar-refractivity contribution in [1.29, 1.82) is 0 Å². The molecule has 10 atom stereocenters. The maximum absolute atomic E-state index is 12.2. The number of carbonyl (C=O) groups is 3. The van der Waals surface area contributed by atoms with Crippen LogP contribution in [0.5, 0.6) is 0 Å². The number of fused-ring (bicyclic) bond motifs is 5. The molecule has 35 heavy (non-hydrogen) atoms. The molecule has 0 unspecified atom stereocenters. The van der Waals surface area contributed by atoms with Crippen molar-refractivity contribution in [2.75, 3.05) is 7.11 Å². The normalized spacial score (nSPS) is 43.2. The molecule has 6 nitrogen and oxygen atoms in total. The van der Waals surface area contributed by atoms with E-state index >= 15 is 0 Å². The lowest BCUT2D eigenvalue weighted by molar-refractivity contribution is -0.197. The second-order valence-corrected chi connectivity index (χ2v) is 12.7. The molecule has 0 aromatic rings. The Morgan fingerprint density at radius 2 is 1.54 bits per heavy atom. The highest BCUT2D eigenvalue weighted by Crippen LogP contribution is 2.68. The monoisotopic (exact) mass is 490 g/mol. The van der Waals surface area contributed by atoms with Crippen LogP contribution in [0.3, 0.4) is 0 Å². The largest absolute Gasteiger partial charge is 0.469 e. The maximum Gasteiger partial charge on any atom is 0.305 e. The first-order chi connectivity index (χ1) is 16.5. The second-order valence-electron chi connectivity index (χ2n) is 12.7. The Balaban J connectivity index is 1.57. The first-order valence-electron chi connectivity index (χ1n) is 13.9. The molecule has 0 bridgehead atoms. The Hall–Kier alpha value is -1.59. The number of carbonyl (C=O) groups excluding carboxylic acids is 3. The molecule has 0 aliphatic heterocycles. The number of ether oxygens (including phenoxy) is 3. The van der Waals surface area contributed by atoms with Crippen molar-refractivity contribution in [1.82, 2.24) is 0 Å². The standard InChI is InChI=1S/C29H46O6/c1-17(7-10-26(32)33-6)22-8-9-23-27-24(12-14-29(22,23)5)28(4)13-11-21(34-18(2)30)15-20(28)16-25(27)35-19(3)31/h17,20-25,27H,7-16H2,1-6H3/t17-,20-,21+,22+,23+,24+,25+,27+,28-,29+/m0/s1. The van der Waals surface area contributed by atoms with Gasteiger partial charge in [0.2, 0.25) is 0 Å². The molecular formula is C29H46O6. The van der Waals surface area contributed by atoms with E-state index in [1.807, 2.05) is 0 Å². The predicted molar refractivity (Wildman–Crippen MR) is 132 cm³/mol. The summed E-state index contributed by atoms with van der Waals surface area (Å²) in [5, 5.41) is 0. The lowest BCUT2D eigenvalue weighted by atomic mass is 9.43. The first kappa shape index (κ1) is 26.5. The molecule has 0 aromatic carbocycles. The summed E-state index contributed by atoms with van der Waals surface area (Å²) >= 11 is 0. The summed E-state index contributed by atoms with van der Waals surface area (Å²) in [5.41, 5.74) is 0.418. The fraction of sp³-hybridized carbons (Fsp3) is 0.897. The minimum atomic E-state index is -0.199. The Morgan fingerprint density at radius 1 is 0.886 bits per heavy atom. The molecule has 4 aliphatic rings. The highest BCUT2D eigenvalue weighted by Gasteiger charge is 2.63. The van der Waals surface area contributed by atoms with E-state index < -0.39 is 0 Å². The number of hydrogen-bond donors (Lipinski definition) is 0. The zero-order chi connectivity index (χ0) is 25.5. The summed E-state index contributed by atoms with van der Waals surface area (Å²) in [6.45, 7) is 10.3. The highest BCUT2D eigenvalue weighted by molar-refractivity contribution is 5.69. The molecule has 4 rings (SSSR count). The van der Waals surface area contributed by atoms with Crippen LogP contribution in [0.15, 0.2) is 0 Å². The van der Waals surface area contributed by atoms with Gasteiger partial charge in [0.1, 0.15) is 12.2 Å². The van der Waals surface area contributed by atoms with E-state index in [9.17, 15) is 14.4 Å². The van der Waals surface area contributed by atoms with Gasteiger partial charge in [-0.15, -0.1) is 0 Å². The molecule has 0 heterocycles. The van der Waals surface area contributed by atoms with Crippen LogP contribution in [-0.4, -0.2) is 37.2 Å². The van der Waals surface area contributed by atoms with E-state index in [2.05, 4.69) is 20.8 Å². The summed E-state index contributed by atoms with van der Waals surface area (Å²) in [6, 6.07) is 0. The van der Waals surface area contributed by atoms with Gasteiger partial charge in [0, 0.05) is 26.2 Å². The van der Waals surface area contributed by atoms with E-state index in [0.29, 0.717) is 41.9 Å². The minimum absolute atomic E-state index is 0.0134. The smallest absolute Gasteiger partial charge is 0.305 e. The van der Waals surface area contributed by atoms with E-state index in [1.54, 1.807) is 6.92 Å². The van der Waals surface area contributed by atoms with Crippen molar-refractivity contribution in [2.24, 2.45) is 46.3 Å². The van der Waals surface area contributed by atoms with Crippen molar-refractivity contribution in [2.45, 2.75) is 111 Å². The van der Waals surface area contributed by atoms with Crippen LogP contribution in [0.25, 0.3) is 0 Å². The van der Waals surface area contributed by atoms with Crippen molar-refractivity contribution in [3.63, 3.8) is 0 Å². The van der Waals surface area contributed by atoms with Gasteiger partial charge in [-0.2, -0.15) is 0 Å². The molecule has 6 heteroatoms. The SMILES string of the molecule is COC(=O)CC[C@H](C)[C@H]1CC[C@@H]2[C@@H]3[C@@H](CC[C@@]21C)[C@@]1(C)CC[C@@H](OC(C)=O)C[C@H]1C[C@H]3OC(C)=O.